The zero-order chi connectivity index (χ0) is 15.8. The maximum atomic E-state index is 13.5. The van der Waals surface area contributed by atoms with Gasteiger partial charge in [-0.15, -0.1) is 0 Å². The maximum Gasteiger partial charge on any atom is 0.342 e. The highest BCUT2D eigenvalue weighted by atomic mass is 19.1. The second kappa shape index (κ2) is 8.24. The molecule has 1 aromatic carbocycles. The fraction of sp³-hybridized carbons (Fsp3) is 0.467. The number of carbonyl (C=O) groups excluding carboxylic acids is 1. The van der Waals surface area contributed by atoms with Gasteiger partial charge in [-0.05, 0) is 25.0 Å². The Morgan fingerprint density at radius 1 is 1.24 bits per heavy atom. The standard InChI is InChI=1S/C15H20FNO4/c1-3-8-17(9-4-2)13(18)10-21-12-7-5-6-11(16)14(12)15(19)20/h5-7H,3-4,8-10H2,1-2H3,(H,19,20). The first kappa shape index (κ1) is 16.9. The molecule has 0 aliphatic carbocycles. The molecule has 0 saturated heterocycles. The number of ether oxygens (including phenoxy) is 1. The van der Waals surface area contributed by atoms with Crippen LogP contribution in [-0.4, -0.2) is 41.6 Å². The van der Waals surface area contributed by atoms with Crippen LogP contribution in [-0.2, 0) is 4.79 Å². The Morgan fingerprint density at radius 2 is 1.86 bits per heavy atom. The molecular weight excluding hydrogens is 277 g/mol. The second-order valence-electron chi connectivity index (χ2n) is 4.59. The van der Waals surface area contributed by atoms with E-state index in [9.17, 15) is 14.0 Å². The van der Waals surface area contributed by atoms with Crippen molar-refractivity contribution in [2.24, 2.45) is 0 Å². The molecule has 116 valence electrons. The first-order chi connectivity index (χ1) is 10.0. The molecule has 0 aliphatic rings. The number of aromatic carboxylic acids is 1. The largest absolute Gasteiger partial charge is 0.483 e. The van der Waals surface area contributed by atoms with Crippen molar-refractivity contribution >= 4 is 11.9 Å². The van der Waals surface area contributed by atoms with E-state index in [-0.39, 0.29) is 18.3 Å². The van der Waals surface area contributed by atoms with Crippen LogP contribution in [0.2, 0.25) is 0 Å². The van der Waals surface area contributed by atoms with E-state index in [0.29, 0.717) is 13.1 Å². The summed E-state index contributed by atoms with van der Waals surface area (Å²) in [5.74, 6) is -2.68. The van der Waals surface area contributed by atoms with E-state index in [1.165, 1.54) is 12.1 Å². The minimum absolute atomic E-state index is 0.135. The van der Waals surface area contributed by atoms with Crippen LogP contribution in [0.4, 0.5) is 4.39 Å². The molecule has 0 aromatic heterocycles. The highest BCUT2D eigenvalue weighted by molar-refractivity contribution is 5.91. The van der Waals surface area contributed by atoms with Crippen LogP contribution in [0.25, 0.3) is 0 Å². The predicted octanol–water partition coefficient (Wildman–Crippen LogP) is 2.55. The van der Waals surface area contributed by atoms with Crippen molar-refractivity contribution < 1.29 is 23.8 Å². The number of carboxylic acids is 1. The van der Waals surface area contributed by atoms with E-state index in [2.05, 4.69) is 0 Å². The minimum Gasteiger partial charge on any atom is -0.483 e. The lowest BCUT2D eigenvalue weighted by Gasteiger charge is -2.21. The van der Waals surface area contributed by atoms with Crippen LogP contribution >= 0.6 is 0 Å². The molecule has 5 nitrogen and oxygen atoms in total. The number of amides is 1. The number of nitrogens with zero attached hydrogens (tertiary/aromatic N) is 1. The van der Waals surface area contributed by atoms with Crippen molar-refractivity contribution in [1.29, 1.82) is 0 Å². The van der Waals surface area contributed by atoms with E-state index in [4.69, 9.17) is 9.84 Å². The van der Waals surface area contributed by atoms with Gasteiger partial charge in [0.25, 0.3) is 5.91 Å². The molecule has 0 bridgehead atoms. The molecule has 0 atom stereocenters. The fourth-order valence-corrected chi connectivity index (χ4v) is 1.96. The van der Waals surface area contributed by atoms with E-state index >= 15 is 0 Å². The third kappa shape index (κ3) is 4.73. The van der Waals surface area contributed by atoms with Gasteiger partial charge in [-0.1, -0.05) is 19.9 Å². The van der Waals surface area contributed by atoms with Gasteiger partial charge in [0.05, 0.1) is 0 Å². The SMILES string of the molecule is CCCN(CCC)C(=O)COc1cccc(F)c1C(=O)O. The number of rotatable bonds is 8. The van der Waals surface area contributed by atoms with Gasteiger partial charge in [0.15, 0.2) is 6.61 Å². The van der Waals surface area contributed by atoms with E-state index in [1.54, 1.807) is 4.90 Å². The maximum absolute atomic E-state index is 13.5. The smallest absolute Gasteiger partial charge is 0.342 e. The fourth-order valence-electron chi connectivity index (χ4n) is 1.96. The molecule has 0 aliphatic heterocycles. The Balaban J connectivity index is 2.77. The molecule has 0 saturated carbocycles. The molecule has 6 heteroatoms. The van der Waals surface area contributed by atoms with Crippen LogP contribution in [0.3, 0.4) is 0 Å². The molecule has 1 N–H and O–H groups in total. The number of benzene rings is 1. The first-order valence-electron chi connectivity index (χ1n) is 6.93. The molecule has 0 radical (unpaired) electrons. The summed E-state index contributed by atoms with van der Waals surface area (Å²) in [6, 6.07) is 3.72. The van der Waals surface area contributed by atoms with Crippen LogP contribution in [0.1, 0.15) is 37.0 Å². The van der Waals surface area contributed by atoms with Crippen molar-refractivity contribution in [3.05, 3.63) is 29.6 Å². The topological polar surface area (TPSA) is 66.8 Å². The number of carboxylic acid groups (broad SMARTS) is 1. The van der Waals surface area contributed by atoms with Gasteiger partial charge in [-0.25, -0.2) is 9.18 Å². The predicted molar refractivity (Wildman–Crippen MR) is 76.0 cm³/mol. The van der Waals surface area contributed by atoms with Crippen molar-refractivity contribution in [2.45, 2.75) is 26.7 Å². The van der Waals surface area contributed by atoms with E-state index in [1.807, 2.05) is 13.8 Å². The summed E-state index contributed by atoms with van der Waals surface area (Å²) >= 11 is 0. The molecule has 0 spiro atoms. The van der Waals surface area contributed by atoms with Crippen LogP contribution in [0, 0.1) is 5.82 Å². The Hall–Kier alpha value is -2.11. The highest BCUT2D eigenvalue weighted by Gasteiger charge is 2.19. The number of hydrogen-bond donors (Lipinski definition) is 1. The Labute approximate surface area is 123 Å². The summed E-state index contributed by atoms with van der Waals surface area (Å²) in [6.07, 6.45) is 1.65. The summed E-state index contributed by atoms with van der Waals surface area (Å²) in [6.45, 7) is 4.86. The molecular formula is C15H20FNO4. The average molecular weight is 297 g/mol. The van der Waals surface area contributed by atoms with Crippen LogP contribution in [0.15, 0.2) is 18.2 Å². The molecule has 1 rings (SSSR count). The summed E-state index contributed by atoms with van der Waals surface area (Å²) in [7, 11) is 0. The average Bonchev–Trinajstić information content (AvgIpc) is 2.44. The lowest BCUT2D eigenvalue weighted by molar-refractivity contribution is -0.133. The van der Waals surface area contributed by atoms with Gasteiger partial charge < -0.3 is 14.7 Å². The monoisotopic (exact) mass is 297 g/mol. The Morgan fingerprint density at radius 3 is 2.38 bits per heavy atom. The van der Waals surface area contributed by atoms with Gasteiger partial charge in [0.2, 0.25) is 0 Å². The second-order valence-corrected chi connectivity index (χ2v) is 4.59. The zero-order valence-electron chi connectivity index (χ0n) is 12.3. The number of carbonyl (C=O) groups is 2. The van der Waals surface area contributed by atoms with Gasteiger partial charge >= 0.3 is 5.97 Å². The third-order valence-electron chi connectivity index (χ3n) is 2.88. The van der Waals surface area contributed by atoms with Crippen molar-refractivity contribution in [1.82, 2.24) is 4.90 Å². The van der Waals surface area contributed by atoms with Gasteiger partial charge in [-0.2, -0.15) is 0 Å². The summed E-state index contributed by atoms with van der Waals surface area (Å²) < 4.78 is 18.7. The highest BCUT2D eigenvalue weighted by Crippen LogP contribution is 2.21. The summed E-state index contributed by atoms with van der Waals surface area (Å²) in [5.41, 5.74) is -0.553. The summed E-state index contributed by atoms with van der Waals surface area (Å²) in [4.78, 5) is 24.7. The number of hydrogen-bond acceptors (Lipinski definition) is 3. The molecule has 1 aromatic rings. The lowest BCUT2D eigenvalue weighted by Crippen LogP contribution is -2.36. The van der Waals surface area contributed by atoms with Gasteiger partial charge in [0, 0.05) is 13.1 Å². The molecule has 1 amide bonds. The summed E-state index contributed by atoms with van der Waals surface area (Å²) in [5, 5.41) is 8.97. The quantitative estimate of drug-likeness (QED) is 0.800. The van der Waals surface area contributed by atoms with E-state index < -0.39 is 17.3 Å². The third-order valence-corrected chi connectivity index (χ3v) is 2.88. The molecule has 0 heterocycles. The van der Waals surface area contributed by atoms with Gasteiger partial charge in [0.1, 0.15) is 17.1 Å². The van der Waals surface area contributed by atoms with Crippen LogP contribution < -0.4 is 4.74 Å². The van der Waals surface area contributed by atoms with Crippen molar-refractivity contribution in [3.8, 4) is 5.75 Å². The molecule has 0 unspecified atom stereocenters. The first-order valence-corrected chi connectivity index (χ1v) is 6.93. The van der Waals surface area contributed by atoms with E-state index in [0.717, 1.165) is 18.9 Å². The zero-order valence-corrected chi connectivity index (χ0v) is 12.3. The molecule has 21 heavy (non-hydrogen) atoms. The Bertz CT molecular complexity index is 498. The van der Waals surface area contributed by atoms with Crippen LogP contribution in [0.5, 0.6) is 5.75 Å². The number of halogens is 1. The van der Waals surface area contributed by atoms with Crippen molar-refractivity contribution in [2.75, 3.05) is 19.7 Å². The Kier molecular flexibility index (Phi) is 6.65. The molecule has 0 fully saturated rings. The minimum atomic E-state index is -1.42. The van der Waals surface area contributed by atoms with Crippen molar-refractivity contribution in [3.63, 3.8) is 0 Å². The normalized spacial score (nSPS) is 10.2. The van der Waals surface area contributed by atoms with Gasteiger partial charge in [-0.3, -0.25) is 4.79 Å². The lowest BCUT2D eigenvalue weighted by atomic mass is 10.2.